The number of thiophene rings is 1. The monoisotopic (exact) mass is 719 g/mol. The van der Waals surface area contributed by atoms with Crippen LogP contribution in [0.25, 0.3) is 86.3 Å². The molecule has 0 saturated carbocycles. The molecule has 0 fully saturated rings. The Balaban J connectivity index is 1.18. The number of rotatable bonds is 6. The van der Waals surface area contributed by atoms with Gasteiger partial charge in [0.1, 0.15) is 11.2 Å². The van der Waals surface area contributed by atoms with Crippen LogP contribution >= 0.6 is 11.3 Å². The highest BCUT2D eigenvalue weighted by Gasteiger charge is 2.23. The minimum atomic E-state index is 0.899. The van der Waals surface area contributed by atoms with Crippen molar-refractivity contribution in [3.8, 4) is 33.4 Å². The Bertz CT molecular complexity index is 3210. The van der Waals surface area contributed by atoms with Crippen molar-refractivity contribution in [1.82, 2.24) is 0 Å². The summed E-state index contributed by atoms with van der Waals surface area (Å²) in [7, 11) is 0. The van der Waals surface area contributed by atoms with E-state index in [9.17, 15) is 0 Å². The summed E-state index contributed by atoms with van der Waals surface area (Å²) in [6.45, 7) is 0. The van der Waals surface area contributed by atoms with Crippen LogP contribution in [0, 0.1) is 0 Å². The summed E-state index contributed by atoms with van der Waals surface area (Å²) in [4.78, 5) is 2.48. The molecule has 0 amide bonds. The average Bonchev–Trinajstić information content (AvgIpc) is 3.83. The molecule has 11 aromatic rings. The molecule has 55 heavy (non-hydrogen) atoms. The largest absolute Gasteiger partial charge is 0.456 e. The van der Waals surface area contributed by atoms with Crippen LogP contribution in [0.5, 0.6) is 0 Å². The Morgan fingerprint density at radius 2 is 0.982 bits per heavy atom. The van der Waals surface area contributed by atoms with Gasteiger partial charge in [-0.25, -0.2) is 0 Å². The van der Waals surface area contributed by atoms with Crippen LogP contribution in [0.15, 0.2) is 205 Å². The minimum absolute atomic E-state index is 0.899. The molecule has 0 aliphatic rings. The van der Waals surface area contributed by atoms with Gasteiger partial charge in [0.15, 0.2) is 0 Å². The van der Waals surface area contributed by atoms with Gasteiger partial charge in [0.05, 0.1) is 16.1 Å². The van der Waals surface area contributed by atoms with Crippen molar-refractivity contribution in [2.45, 2.75) is 0 Å². The number of anilines is 3. The van der Waals surface area contributed by atoms with Crippen molar-refractivity contribution in [3.63, 3.8) is 0 Å². The summed E-state index contributed by atoms with van der Waals surface area (Å²) in [5.41, 5.74) is 12.3. The topological polar surface area (TPSA) is 16.4 Å². The first kappa shape index (κ1) is 31.6. The first-order valence-corrected chi connectivity index (χ1v) is 19.5. The third-order valence-corrected chi connectivity index (χ3v) is 12.1. The van der Waals surface area contributed by atoms with E-state index in [4.69, 9.17) is 4.42 Å². The van der Waals surface area contributed by atoms with E-state index in [0.29, 0.717) is 0 Å². The van der Waals surface area contributed by atoms with Gasteiger partial charge in [0.25, 0.3) is 0 Å². The lowest BCUT2D eigenvalue weighted by atomic mass is 9.92. The maximum atomic E-state index is 6.23. The molecule has 2 heterocycles. The van der Waals surface area contributed by atoms with Gasteiger partial charge in [-0.15, -0.1) is 11.3 Å². The summed E-state index contributed by atoms with van der Waals surface area (Å²) < 4.78 is 8.78. The first-order valence-electron chi connectivity index (χ1n) is 18.7. The van der Waals surface area contributed by atoms with Crippen molar-refractivity contribution >= 4 is 81.3 Å². The predicted molar refractivity (Wildman–Crippen MR) is 235 cm³/mol. The predicted octanol–water partition coefficient (Wildman–Crippen LogP) is 15.6. The molecule has 0 unspecified atom stereocenters. The lowest BCUT2D eigenvalue weighted by Gasteiger charge is -2.29. The van der Waals surface area contributed by atoms with Gasteiger partial charge < -0.3 is 9.32 Å². The molecular weight excluding hydrogens is 687 g/mol. The fourth-order valence-corrected chi connectivity index (χ4v) is 9.54. The number of fused-ring (bicyclic) bond motifs is 7. The zero-order valence-corrected chi connectivity index (χ0v) is 30.6. The van der Waals surface area contributed by atoms with E-state index in [1.165, 1.54) is 58.8 Å². The summed E-state index contributed by atoms with van der Waals surface area (Å²) in [5, 5.41) is 7.24. The fraction of sp³-hybridized carbons (Fsp3) is 0. The second-order valence-corrected chi connectivity index (χ2v) is 15.1. The number of para-hydroxylation sites is 1. The van der Waals surface area contributed by atoms with Crippen LogP contribution in [0.1, 0.15) is 0 Å². The first-order chi connectivity index (χ1) is 27.3. The smallest absolute Gasteiger partial charge is 0.135 e. The normalized spacial score (nSPS) is 11.6. The molecule has 2 aromatic heterocycles. The van der Waals surface area contributed by atoms with Gasteiger partial charge in [-0.3, -0.25) is 0 Å². The van der Waals surface area contributed by atoms with E-state index in [2.05, 4.69) is 193 Å². The van der Waals surface area contributed by atoms with E-state index in [-0.39, 0.29) is 0 Å². The van der Waals surface area contributed by atoms with Crippen LogP contribution in [0.2, 0.25) is 0 Å². The van der Waals surface area contributed by atoms with Gasteiger partial charge in [-0.05, 0) is 87.3 Å². The van der Waals surface area contributed by atoms with Gasteiger partial charge in [0, 0.05) is 37.3 Å². The van der Waals surface area contributed by atoms with Crippen molar-refractivity contribution in [3.05, 3.63) is 200 Å². The SMILES string of the molecule is c1ccc(-c2cc(N(c3ccc(-c4ccccc4)c4ccccc34)c3cccc4c3sc3ccccc34)ccc2-c2ccc3oc4ccccc4c3c2)cc1. The Morgan fingerprint density at radius 3 is 1.80 bits per heavy atom. The van der Waals surface area contributed by atoms with Crippen LogP contribution in [0.3, 0.4) is 0 Å². The van der Waals surface area contributed by atoms with Crippen molar-refractivity contribution in [1.29, 1.82) is 0 Å². The number of furan rings is 1. The molecule has 258 valence electrons. The Hall–Kier alpha value is -6.94. The summed E-state index contributed by atoms with van der Waals surface area (Å²) in [5.74, 6) is 0. The third kappa shape index (κ3) is 5.24. The minimum Gasteiger partial charge on any atom is -0.456 e. The zero-order chi connectivity index (χ0) is 36.3. The Morgan fingerprint density at radius 1 is 0.345 bits per heavy atom. The summed E-state index contributed by atoms with van der Waals surface area (Å²) >= 11 is 1.86. The van der Waals surface area contributed by atoms with Crippen molar-refractivity contribution in [2.24, 2.45) is 0 Å². The van der Waals surface area contributed by atoms with E-state index in [0.717, 1.165) is 44.6 Å². The maximum absolute atomic E-state index is 6.23. The molecule has 0 radical (unpaired) electrons. The molecule has 0 N–H and O–H groups in total. The molecule has 0 aliphatic carbocycles. The number of benzene rings is 9. The van der Waals surface area contributed by atoms with Gasteiger partial charge in [-0.1, -0.05) is 152 Å². The molecule has 0 atom stereocenters. The zero-order valence-electron chi connectivity index (χ0n) is 29.8. The maximum Gasteiger partial charge on any atom is 0.135 e. The molecular formula is C52H33NOS. The molecule has 11 rings (SSSR count). The molecule has 3 heteroatoms. The molecule has 2 nitrogen and oxygen atoms in total. The quantitative estimate of drug-likeness (QED) is 0.170. The summed E-state index contributed by atoms with van der Waals surface area (Å²) in [6.07, 6.45) is 0. The number of hydrogen-bond acceptors (Lipinski definition) is 3. The molecule has 9 aromatic carbocycles. The fourth-order valence-electron chi connectivity index (χ4n) is 8.34. The highest BCUT2D eigenvalue weighted by Crippen LogP contribution is 2.49. The molecule has 0 bridgehead atoms. The van der Waals surface area contributed by atoms with Gasteiger partial charge in [-0.2, -0.15) is 0 Å². The van der Waals surface area contributed by atoms with Crippen LogP contribution in [-0.2, 0) is 0 Å². The van der Waals surface area contributed by atoms with E-state index < -0.39 is 0 Å². The van der Waals surface area contributed by atoms with Gasteiger partial charge in [0.2, 0.25) is 0 Å². The highest BCUT2D eigenvalue weighted by molar-refractivity contribution is 7.26. The molecule has 0 saturated heterocycles. The standard InChI is InChI=1S/C52H33NOS/c1-3-14-34(15-4-1)38-29-30-47(41-19-8-7-18-40(38)41)53(48-23-13-22-44-43-21-10-12-25-51(43)55-52(44)48)37-27-28-39(45(33-37)35-16-5-2-6-17-35)36-26-31-50-46(32-36)42-20-9-11-24-49(42)54-50/h1-33H. The second kappa shape index (κ2) is 12.9. The number of hydrogen-bond donors (Lipinski definition) is 0. The second-order valence-electron chi connectivity index (χ2n) is 14.0. The molecule has 0 aliphatic heterocycles. The average molecular weight is 720 g/mol. The third-order valence-electron chi connectivity index (χ3n) is 10.9. The van der Waals surface area contributed by atoms with E-state index >= 15 is 0 Å². The number of nitrogens with zero attached hydrogens (tertiary/aromatic N) is 1. The van der Waals surface area contributed by atoms with Crippen LogP contribution in [-0.4, -0.2) is 0 Å². The van der Waals surface area contributed by atoms with Crippen molar-refractivity contribution in [2.75, 3.05) is 4.90 Å². The van der Waals surface area contributed by atoms with Crippen LogP contribution < -0.4 is 4.90 Å². The lowest BCUT2D eigenvalue weighted by molar-refractivity contribution is 0.669. The van der Waals surface area contributed by atoms with Crippen molar-refractivity contribution < 1.29 is 4.42 Å². The molecule has 0 spiro atoms. The van der Waals surface area contributed by atoms with Crippen LogP contribution in [0.4, 0.5) is 17.1 Å². The Labute approximate surface area is 322 Å². The van der Waals surface area contributed by atoms with Gasteiger partial charge >= 0.3 is 0 Å². The highest BCUT2D eigenvalue weighted by atomic mass is 32.1. The summed E-state index contributed by atoms with van der Waals surface area (Å²) in [6, 6.07) is 72.3. The Kier molecular flexibility index (Phi) is 7.39. The lowest BCUT2D eigenvalue weighted by Crippen LogP contribution is -2.11. The van der Waals surface area contributed by atoms with E-state index in [1.807, 2.05) is 23.5 Å². The van der Waals surface area contributed by atoms with E-state index in [1.54, 1.807) is 0 Å².